The minimum atomic E-state index is -5.00. The molecule has 1 heterocycles. The number of ether oxygens (including phenoxy) is 1. The molecule has 2 N–H and O–H groups in total. The average Bonchev–Trinajstić information content (AvgIpc) is 3.03. The fourth-order valence-corrected chi connectivity index (χ4v) is 2.59. The molecule has 0 radical (unpaired) electrons. The molecule has 0 unspecified atom stereocenters. The van der Waals surface area contributed by atoms with Gasteiger partial charge in [0.15, 0.2) is 0 Å². The summed E-state index contributed by atoms with van der Waals surface area (Å²) in [4.78, 5) is 15.1. The largest absolute Gasteiger partial charge is 0.497 e. The minimum absolute atomic E-state index is 0.00906. The quantitative estimate of drug-likeness (QED) is 0.571. The Balaban J connectivity index is 1.95. The van der Waals surface area contributed by atoms with E-state index < -0.39 is 35.1 Å². The molecular weight excluding hydrogens is 390 g/mol. The summed E-state index contributed by atoms with van der Waals surface area (Å²) in [6.07, 6.45) is -10.0. The maximum absolute atomic E-state index is 12.9. The number of aromatic amines is 1. The molecule has 0 bridgehead atoms. The van der Waals surface area contributed by atoms with Crippen molar-refractivity contribution in [2.45, 2.75) is 12.4 Å². The van der Waals surface area contributed by atoms with Crippen molar-refractivity contribution in [3.8, 4) is 5.75 Å². The van der Waals surface area contributed by atoms with Crippen LogP contribution in [0.3, 0.4) is 0 Å². The molecule has 0 atom stereocenters. The third kappa shape index (κ3) is 4.05. The molecule has 0 aliphatic rings. The second-order valence-electron chi connectivity index (χ2n) is 5.88. The fourth-order valence-electron chi connectivity index (χ4n) is 2.59. The van der Waals surface area contributed by atoms with Gasteiger partial charge in [-0.2, -0.15) is 26.3 Å². The monoisotopic (exact) mass is 402 g/mol. The van der Waals surface area contributed by atoms with E-state index in [-0.39, 0.29) is 11.8 Å². The van der Waals surface area contributed by atoms with Crippen molar-refractivity contribution >= 4 is 22.5 Å². The summed E-state index contributed by atoms with van der Waals surface area (Å²) in [6, 6.07) is 7.16. The molecule has 3 rings (SSSR count). The summed E-state index contributed by atoms with van der Waals surface area (Å²) in [5, 5.41) is 2.66. The van der Waals surface area contributed by atoms with Gasteiger partial charge >= 0.3 is 12.4 Å². The number of alkyl halides is 6. The number of amides is 1. The summed E-state index contributed by atoms with van der Waals surface area (Å²) in [7, 11) is 1.45. The number of rotatable bonds is 3. The summed E-state index contributed by atoms with van der Waals surface area (Å²) in [6.45, 7) is 0. The first kappa shape index (κ1) is 19.6. The summed E-state index contributed by atoms with van der Waals surface area (Å²) < 4.78 is 82.5. The average molecular weight is 402 g/mol. The zero-order valence-electron chi connectivity index (χ0n) is 14.1. The third-order valence-electron chi connectivity index (χ3n) is 3.92. The summed E-state index contributed by atoms with van der Waals surface area (Å²) >= 11 is 0. The Morgan fingerprint density at radius 1 is 0.929 bits per heavy atom. The molecular formula is C18H12F6N2O2. The van der Waals surface area contributed by atoms with Crippen molar-refractivity contribution in [3.05, 3.63) is 59.3 Å². The van der Waals surface area contributed by atoms with Crippen molar-refractivity contribution in [2.24, 2.45) is 0 Å². The van der Waals surface area contributed by atoms with Crippen molar-refractivity contribution in [2.75, 3.05) is 12.4 Å². The Bertz CT molecular complexity index is 1000. The van der Waals surface area contributed by atoms with Gasteiger partial charge in [0, 0.05) is 16.6 Å². The highest BCUT2D eigenvalue weighted by molar-refractivity contribution is 6.06. The Kier molecular flexibility index (Phi) is 4.74. The van der Waals surface area contributed by atoms with E-state index >= 15 is 0 Å². The maximum Gasteiger partial charge on any atom is 0.416 e. The van der Waals surface area contributed by atoms with Crippen LogP contribution in [0.4, 0.5) is 32.0 Å². The number of hydrogen-bond donors (Lipinski definition) is 2. The van der Waals surface area contributed by atoms with Gasteiger partial charge in [0.05, 0.1) is 18.2 Å². The van der Waals surface area contributed by atoms with Crippen molar-refractivity contribution in [3.63, 3.8) is 0 Å². The summed E-state index contributed by atoms with van der Waals surface area (Å²) in [5.41, 5.74) is -3.14. The predicted octanol–water partition coefficient (Wildman–Crippen LogP) is 5.47. The van der Waals surface area contributed by atoms with Crippen LogP contribution < -0.4 is 10.1 Å². The minimum Gasteiger partial charge on any atom is -0.497 e. The van der Waals surface area contributed by atoms with E-state index in [0.29, 0.717) is 28.8 Å². The lowest BCUT2D eigenvalue weighted by Crippen LogP contribution is -2.16. The van der Waals surface area contributed by atoms with Crippen LogP contribution in [0, 0.1) is 0 Å². The van der Waals surface area contributed by atoms with Gasteiger partial charge in [0.2, 0.25) is 0 Å². The molecule has 0 saturated heterocycles. The molecule has 0 spiro atoms. The van der Waals surface area contributed by atoms with Crippen molar-refractivity contribution in [1.29, 1.82) is 0 Å². The first-order valence-corrected chi connectivity index (χ1v) is 7.75. The number of anilines is 1. The first-order chi connectivity index (χ1) is 13.0. The van der Waals surface area contributed by atoms with E-state index in [0.717, 1.165) is 0 Å². The van der Waals surface area contributed by atoms with Gasteiger partial charge < -0.3 is 15.0 Å². The number of aromatic nitrogens is 1. The van der Waals surface area contributed by atoms with Crippen LogP contribution in [0.15, 0.2) is 42.5 Å². The number of carbonyl (C=O) groups excluding carboxylic acids is 1. The topological polar surface area (TPSA) is 54.1 Å². The van der Waals surface area contributed by atoms with Crippen LogP contribution in [0.2, 0.25) is 0 Å². The van der Waals surface area contributed by atoms with Crippen molar-refractivity contribution in [1.82, 2.24) is 4.98 Å². The third-order valence-corrected chi connectivity index (χ3v) is 3.92. The SMILES string of the molecule is COc1ccc2[nH]c(C(=O)Nc3cc(C(F)(F)F)cc(C(F)(F)F)c3)cc2c1. The second kappa shape index (κ2) is 6.77. The highest BCUT2D eigenvalue weighted by Crippen LogP contribution is 2.37. The number of carbonyl (C=O) groups is 1. The molecule has 3 aromatic rings. The zero-order valence-corrected chi connectivity index (χ0v) is 14.1. The fraction of sp³-hybridized carbons (Fsp3) is 0.167. The van der Waals surface area contributed by atoms with E-state index in [4.69, 9.17) is 4.74 Å². The van der Waals surface area contributed by atoms with Gasteiger partial charge in [0.25, 0.3) is 5.91 Å². The van der Waals surface area contributed by atoms with Gasteiger partial charge in [-0.25, -0.2) is 0 Å². The Morgan fingerprint density at radius 3 is 2.07 bits per heavy atom. The maximum atomic E-state index is 12.9. The van der Waals surface area contributed by atoms with Crippen molar-refractivity contribution < 1.29 is 35.9 Å². The Morgan fingerprint density at radius 2 is 1.54 bits per heavy atom. The van der Waals surface area contributed by atoms with Crippen LogP contribution in [0.5, 0.6) is 5.75 Å². The lowest BCUT2D eigenvalue weighted by Gasteiger charge is -2.14. The summed E-state index contributed by atoms with van der Waals surface area (Å²) in [5.74, 6) is -0.367. The zero-order chi connectivity index (χ0) is 20.7. The molecule has 0 fully saturated rings. The van der Waals surface area contributed by atoms with E-state index in [2.05, 4.69) is 10.3 Å². The number of halogens is 6. The molecule has 4 nitrogen and oxygen atoms in total. The highest BCUT2D eigenvalue weighted by Gasteiger charge is 2.37. The molecule has 0 saturated carbocycles. The van der Waals surface area contributed by atoms with Crippen LogP contribution in [0.1, 0.15) is 21.6 Å². The van der Waals surface area contributed by atoms with Gasteiger partial charge in [-0.15, -0.1) is 0 Å². The Labute approximate surface area is 154 Å². The number of benzene rings is 2. The lowest BCUT2D eigenvalue weighted by atomic mass is 10.1. The molecule has 2 aromatic carbocycles. The predicted molar refractivity (Wildman–Crippen MR) is 89.2 cm³/mol. The molecule has 1 aromatic heterocycles. The molecule has 0 aliphatic carbocycles. The number of fused-ring (bicyclic) bond motifs is 1. The second-order valence-corrected chi connectivity index (χ2v) is 5.88. The van der Waals surface area contributed by atoms with Crippen LogP contribution in [-0.4, -0.2) is 18.0 Å². The van der Waals surface area contributed by atoms with E-state index in [1.165, 1.54) is 13.2 Å². The number of nitrogens with one attached hydrogen (secondary N) is 2. The molecule has 0 aliphatic heterocycles. The smallest absolute Gasteiger partial charge is 0.416 e. The van der Waals surface area contributed by atoms with Gasteiger partial charge in [-0.3, -0.25) is 4.79 Å². The van der Waals surface area contributed by atoms with E-state index in [9.17, 15) is 31.1 Å². The van der Waals surface area contributed by atoms with Crippen LogP contribution in [-0.2, 0) is 12.4 Å². The Hall–Kier alpha value is -3.17. The number of methoxy groups -OCH3 is 1. The van der Waals surface area contributed by atoms with Gasteiger partial charge in [-0.1, -0.05) is 0 Å². The highest BCUT2D eigenvalue weighted by atomic mass is 19.4. The van der Waals surface area contributed by atoms with Gasteiger partial charge in [-0.05, 0) is 42.5 Å². The first-order valence-electron chi connectivity index (χ1n) is 7.75. The molecule has 1 amide bonds. The number of hydrogen-bond acceptors (Lipinski definition) is 2. The van der Waals surface area contributed by atoms with E-state index in [1.807, 2.05) is 0 Å². The molecule has 28 heavy (non-hydrogen) atoms. The van der Waals surface area contributed by atoms with E-state index in [1.54, 1.807) is 18.2 Å². The van der Waals surface area contributed by atoms with Crippen LogP contribution in [0.25, 0.3) is 10.9 Å². The van der Waals surface area contributed by atoms with Crippen LogP contribution >= 0.6 is 0 Å². The normalized spacial score (nSPS) is 12.2. The lowest BCUT2D eigenvalue weighted by molar-refractivity contribution is -0.143. The number of H-pyrrole nitrogens is 1. The molecule has 148 valence electrons. The molecule has 10 heteroatoms. The van der Waals surface area contributed by atoms with Gasteiger partial charge in [0.1, 0.15) is 11.4 Å². The standard InChI is InChI=1S/C18H12F6N2O2/c1-28-13-2-3-14-9(4-13)5-15(26-14)16(27)25-12-7-10(17(19,20)21)6-11(8-12)18(22,23)24/h2-8,26H,1H3,(H,25,27).